The van der Waals surface area contributed by atoms with E-state index in [1.807, 2.05) is 24.6 Å². The number of thiophene rings is 1. The molecule has 20 heavy (non-hydrogen) atoms. The minimum Gasteiger partial charge on any atom is -0.337 e. The normalized spacial score (nSPS) is 13.3. The molecule has 1 aromatic carbocycles. The lowest BCUT2D eigenvalue weighted by Gasteiger charge is -2.16. The fourth-order valence-electron chi connectivity index (χ4n) is 2.39. The second-order valence-electron chi connectivity index (χ2n) is 4.98. The number of hydrogen-bond acceptors (Lipinski definition) is 3. The van der Waals surface area contributed by atoms with E-state index in [4.69, 9.17) is 0 Å². The largest absolute Gasteiger partial charge is 0.337 e. The Kier molecular flexibility index (Phi) is 3.92. The van der Waals surface area contributed by atoms with Gasteiger partial charge in [0.15, 0.2) is 0 Å². The summed E-state index contributed by atoms with van der Waals surface area (Å²) >= 11 is 5.10. The van der Waals surface area contributed by atoms with Gasteiger partial charge in [-0.15, -0.1) is 11.3 Å². The van der Waals surface area contributed by atoms with Crippen LogP contribution in [-0.4, -0.2) is 17.9 Å². The number of hydrogen-bond donors (Lipinski definition) is 1. The molecule has 0 unspecified atom stereocenters. The van der Waals surface area contributed by atoms with E-state index in [9.17, 15) is 4.79 Å². The van der Waals surface area contributed by atoms with Gasteiger partial charge in [0, 0.05) is 40.4 Å². The lowest BCUT2D eigenvalue weighted by atomic mass is 10.1. The van der Waals surface area contributed by atoms with Gasteiger partial charge >= 0.3 is 0 Å². The van der Waals surface area contributed by atoms with Crippen molar-refractivity contribution in [2.45, 2.75) is 19.6 Å². The van der Waals surface area contributed by atoms with Crippen LogP contribution in [0.4, 0.5) is 0 Å². The lowest BCUT2D eigenvalue weighted by molar-refractivity contribution is 0.0786. The number of benzene rings is 1. The first-order chi connectivity index (χ1) is 9.63. The summed E-state index contributed by atoms with van der Waals surface area (Å²) in [7, 11) is 1.85. The molecule has 3 rings (SSSR count). The van der Waals surface area contributed by atoms with Crippen LogP contribution in [0.1, 0.15) is 26.4 Å². The molecule has 1 aromatic heterocycles. The van der Waals surface area contributed by atoms with Crippen molar-refractivity contribution in [1.29, 1.82) is 0 Å². The van der Waals surface area contributed by atoms with Crippen LogP contribution < -0.4 is 5.32 Å². The Morgan fingerprint density at radius 2 is 2.15 bits per heavy atom. The van der Waals surface area contributed by atoms with Crippen molar-refractivity contribution < 1.29 is 4.79 Å². The quantitative estimate of drug-likeness (QED) is 0.920. The Hall–Kier alpha value is -1.17. The van der Waals surface area contributed by atoms with Crippen molar-refractivity contribution in [2.24, 2.45) is 0 Å². The maximum Gasteiger partial charge on any atom is 0.253 e. The molecule has 0 aliphatic carbocycles. The van der Waals surface area contributed by atoms with Gasteiger partial charge in [-0.05, 0) is 45.3 Å². The fourth-order valence-corrected chi connectivity index (χ4v) is 3.89. The molecule has 0 spiro atoms. The molecule has 0 bridgehead atoms. The number of rotatable bonds is 3. The highest BCUT2D eigenvalue weighted by atomic mass is 79.9. The summed E-state index contributed by atoms with van der Waals surface area (Å²) in [5.41, 5.74) is 3.31. The third-order valence-electron chi connectivity index (χ3n) is 3.45. The van der Waals surface area contributed by atoms with E-state index < -0.39 is 0 Å². The molecular weight excluding hydrogens is 336 g/mol. The monoisotopic (exact) mass is 350 g/mol. The Bertz CT molecular complexity index is 653. The zero-order chi connectivity index (χ0) is 14.1. The van der Waals surface area contributed by atoms with Crippen molar-refractivity contribution in [3.63, 3.8) is 0 Å². The van der Waals surface area contributed by atoms with Gasteiger partial charge in [-0.2, -0.15) is 0 Å². The molecule has 2 heterocycles. The number of nitrogens with zero attached hydrogens (tertiary/aromatic N) is 1. The van der Waals surface area contributed by atoms with Crippen molar-refractivity contribution in [3.8, 4) is 0 Å². The first-order valence-electron chi connectivity index (χ1n) is 6.44. The predicted molar refractivity (Wildman–Crippen MR) is 84.8 cm³/mol. The Labute approximate surface area is 130 Å². The number of fused-ring (bicyclic) bond motifs is 1. The number of halogens is 1. The number of carbonyl (C=O) groups excluding carboxylic acids is 1. The highest BCUT2D eigenvalue weighted by Crippen LogP contribution is 2.22. The third kappa shape index (κ3) is 2.80. The van der Waals surface area contributed by atoms with Gasteiger partial charge in [0.1, 0.15) is 0 Å². The van der Waals surface area contributed by atoms with Crippen LogP contribution in [0.25, 0.3) is 0 Å². The minimum absolute atomic E-state index is 0.0734. The van der Waals surface area contributed by atoms with E-state index in [0.29, 0.717) is 6.54 Å². The second-order valence-corrected chi connectivity index (χ2v) is 6.89. The topological polar surface area (TPSA) is 32.3 Å². The molecule has 0 saturated heterocycles. The average molecular weight is 351 g/mol. The van der Waals surface area contributed by atoms with Gasteiger partial charge < -0.3 is 10.2 Å². The van der Waals surface area contributed by atoms with E-state index in [0.717, 1.165) is 23.1 Å². The van der Waals surface area contributed by atoms with Gasteiger partial charge in [-0.25, -0.2) is 0 Å². The first kappa shape index (κ1) is 13.8. The van der Waals surface area contributed by atoms with Crippen molar-refractivity contribution in [2.75, 3.05) is 7.05 Å². The maximum absolute atomic E-state index is 12.5. The molecule has 1 aliphatic rings. The van der Waals surface area contributed by atoms with Crippen LogP contribution >= 0.6 is 27.3 Å². The zero-order valence-corrected chi connectivity index (χ0v) is 13.6. The summed E-state index contributed by atoms with van der Waals surface area (Å²) < 4.78 is 1.07. The second kappa shape index (κ2) is 5.68. The van der Waals surface area contributed by atoms with Gasteiger partial charge in [-0.3, -0.25) is 4.79 Å². The summed E-state index contributed by atoms with van der Waals surface area (Å²) in [5, 5.41) is 5.33. The molecule has 0 radical (unpaired) electrons. The number of amides is 1. The molecule has 3 nitrogen and oxygen atoms in total. The van der Waals surface area contributed by atoms with E-state index in [1.54, 1.807) is 16.2 Å². The smallest absolute Gasteiger partial charge is 0.253 e. The third-order valence-corrected chi connectivity index (χ3v) is 5.13. The Balaban J connectivity index is 1.74. The van der Waals surface area contributed by atoms with E-state index in [1.165, 1.54) is 16.0 Å². The lowest BCUT2D eigenvalue weighted by Crippen LogP contribution is -2.25. The molecule has 0 fully saturated rings. The molecule has 104 valence electrons. The first-order valence-corrected chi connectivity index (χ1v) is 8.11. The standard InChI is InChI=1S/C15H15BrN2OS/c1-18(8-14-5-13(16)9-20-14)15(19)10-2-3-11-6-17-7-12(11)4-10/h2-5,9,17H,6-8H2,1H3. The highest BCUT2D eigenvalue weighted by Gasteiger charge is 2.16. The molecule has 5 heteroatoms. The Morgan fingerprint density at radius 1 is 1.35 bits per heavy atom. The van der Waals surface area contributed by atoms with Crippen LogP contribution in [-0.2, 0) is 19.6 Å². The van der Waals surface area contributed by atoms with Gasteiger partial charge in [-0.1, -0.05) is 6.07 Å². The molecule has 0 saturated carbocycles. The molecule has 1 amide bonds. The van der Waals surface area contributed by atoms with Crippen LogP contribution in [0.5, 0.6) is 0 Å². The molecule has 0 atom stereocenters. The summed E-state index contributed by atoms with van der Waals surface area (Å²) in [5.74, 6) is 0.0734. The number of nitrogens with one attached hydrogen (secondary N) is 1. The highest BCUT2D eigenvalue weighted by molar-refractivity contribution is 9.10. The van der Waals surface area contributed by atoms with Gasteiger partial charge in [0.25, 0.3) is 5.91 Å². The summed E-state index contributed by atoms with van der Waals surface area (Å²) in [6, 6.07) is 8.05. The number of carbonyl (C=O) groups is 1. The summed E-state index contributed by atoms with van der Waals surface area (Å²) in [4.78, 5) is 15.4. The zero-order valence-electron chi connectivity index (χ0n) is 11.1. The van der Waals surface area contributed by atoms with E-state index in [-0.39, 0.29) is 5.91 Å². The van der Waals surface area contributed by atoms with Crippen molar-refractivity contribution in [1.82, 2.24) is 10.2 Å². The van der Waals surface area contributed by atoms with Crippen molar-refractivity contribution >= 4 is 33.2 Å². The molecule has 1 aliphatic heterocycles. The average Bonchev–Trinajstić information content (AvgIpc) is 3.05. The molecule has 1 N–H and O–H groups in total. The van der Waals surface area contributed by atoms with Crippen molar-refractivity contribution in [3.05, 3.63) is 55.7 Å². The maximum atomic E-state index is 12.5. The molecular formula is C15H15BrN2OS. The van der Waals surface area contributed by atoms with E-state index >= 15 is 0 Å². The molecule has 2 aromatic rings. The SMILES string of the molecule is CN(Cc1cc(Br)cs1)C(=O)c1ccc2c(c1)CNC2. The van der Waals surface area contributed by atoms with Crippen LogP contribution in [0.2, 0.25) is 0 Å². The van der Waals surface area contributed by atoms with Gasteiger partial charge in [0.05, 0.1) is 6.54 Å². The van der Waals surface area contributed by atoms with Crippen LogP contribution in [0.3, 0.4) is 0 Å². The minimum atomic E-state index is 0.0734. The predicted octanol–water partition coefficient (Wildman–Crippen LogP) is 3.39. The van der Waals surface area contributed by atoms with E-state index in [2.05, 4.69) is 33.4 Å². The fraction of sp³-hybridized carbons (Fsp3) is 0.267. The van der Waals surface area contributed by atoms with Crippen LogP contribution in [0.15, 0.2) is 34.1 Å². The summed E-state index contributed by atoms with van der Waals surface area (Å²) in [6.07, 6.45) is 0. The van der Waals surface area contributed by atoms with Gasteiger partial charge in [0.2, 0.25) is 0 Å². The Morgan fingerprint density at radius 3 is 2.90 bits per heavy atom. The summed E-state index contributed by atoms with van der Waals surface area (Å²) in [6.45, 7) is 2.41. The van der Waals surface area contributed by atoms with Crippen LogP contribution in [0, 0.1) is 0 Å².